The van der Waals surface area contributed by atoms with Crippen LogP contribution in [0.2, 0.25) is 0 Å². The normalized spacial score (nSPS) is 17.3. The Hall–Kier alpha value is -2.46. The maximum absolute atomic E-state index is 13.2. The average Bonchev–Trinajstić information content (AvgIpc) is 2.69. The van der Waals surface area contributed by atoms with Gasteiger partial charge in [-0.3, -0.25) is 14.5 Å². The van der Waals surface area contributed by atoms with Crippen molar-refractivity contribution in [2.45, 2.75) is 38.3 Å². The van der Waals surface area contributed by atoms with Gasteiger partial charge in [0, 0.05) is 12.5 Å². The van der Waals surface area contributed by atoms with Crippen LogP contribution < -0.4 is 0 Å². The number of nitrogens with zero attached hydrogens (tertiary/aromatic N) is 1. The molecule has 2 atom stereocenters. The van der Waals surface area contributed by atoms with Gasteiger partial charge in [0.15, 0.2) is 6.10 Å². The quantitative estimate of drug-likeness (QED) is 0.582. The maximum Gasteiger partial charge on any atom is 0.303 e. The van der Waals surface area contributed by atoms with Crippen LogP contribution >= 0.6 is 0 Å². The molecule has 136 valence electrons. The molecule has 1 aliphatic rings. The maximum atomic E-state index is 13.2. The molecular weight excluding hydrogens is 326 g/mol. The Bertz CT molecular complexity index is 724. The largest absolute Gasteiger partial charge is 0.452 e. The van der Waals surface area contributed by atoms with Crippen molar-refractivity contribution >= 4 is 11.8 Å². The molecule has 1 fully saturated rings. The highest BCUT2D eigenvalue weighted by Gasteiger charge is 2.37. The van der Waals surface area contributed by atoms with Crippen molar-refractivity contribution in [3.8, 4) is 0 Å². The molecule has 0 N–H and O–H groups in total. The third-order valence-corrected chi connectivity index (χ3v) is 4.82. The molecule has 2 aromatic rings. The lowest BCUT2D eigenvalue weighted by molar-refractivity contribution is -0.147. The molecule has 0 amide bonds. The molecule has 4 heteroatoms. The molecule has 1 heterocycles. The number of likely N-dealkylation sites (tertiary alicyclic amines) is 1. The molecule has 0 saturated carbocycles. The van der Waals surface area contributed by atoms with Gasteiger partial charge in [-0.05, 0) is 31.5 Å². The molecule has 0 unspecified atom stereocenters. The summed E-state index contributed by atoms with van der Waals surface area (Å²) in [4.78, 5) is 27.3. The van der Waals surface area contributed by atoms with Crippen LogP contribution in [0.15, 0.2) is 60.7 Å². The van der Waals surface area contributed by atoms with E-state index >= 15 is 0 Å². The third kappa shape index (κ3) is 4.38. The fourth-order valence-electron chi connectivity index (χ4n) is 3.63. The molecule has 2 aromatic carbocycles. The predicted molar refractivity (Wildman–Crippen MR) is 101 cm³/mol. The Balaban J connectivity index is 2.00. The number of piperidine rings is 1. The van der Waals surface area contributed by atoms with Gasteiger partial charge in [-0.25, -0.2) is 0 Å². The van der Waals surface area contributed by atoms with E-state index in [1.807, 2.05) is 48.5 Å². The Morgan fingerprint density at radius 3 is 2.04 bits per heavy atom. The SMILES string of the molecule is CC(=O)O[C@H](C(=O)c1ccccc1)[C@@H](c1ccccc1)N1CCCCC1. The number of Topliss-reactive ketones (excluding diaryl/α,β-unsaturated/α-hetero) is 1. The minimum atomic E-state index is -0.851. The van der Waals surface area contributed by atoms with E-state index in [1.54, 1.807) is 12.1 Å². The van der Waals surface area contributed by atoms with E-state index in [4.69, 9.17) is 4.74 Å². The summed E-state index contributed by atoms with van der Waals surface area (Å²) in [5.74, 6) is -0.586. The summed E-state index contributed by atoms with van der Waals surface area (Å²) in [5, 5.41) is 0. The summed E-state index contributed by atoms with van der Waals surface area (Å²) < 4.78 is 5.61. The average molecular weight is 351 g/mol. The van der Waals surface area contributed by atoms with Crippen LogP contribution in [0.25, 0.3) is 0 Å². The first-order valence-corrected chi connectivity index (χ1v) is 9.22. The van der Waals surface area contributed by atoms with Gasteiger partial charge < -0.3 is 4.74 Å². The first-order chi connectivity index (χ1) is 12.7. The highest BCUT2D eigenvalue weighted by atomic mass is 16.5. The Kier molecular flexibility index (Phi) is 6.18. The second kappa shape index (κ2) is 8.77. The van der Waals surface area contributed by atoms with Crippen LogP contribution in [-0.2, 0) is 9.53 Å². The van der Waals surface area contributed by atoms with Gasteiger partial charge in [0.05, 0.1) is 6.04 Å². The van der Waals surface area contributed by atoms with Crippen molar-refractivity contribution in [1.82, 2.24) is 4.90 Å². The smallest absolute Gasteiger partial charge is 0.303 e. The van der Waals surface area contributed by atoms with E-state index in [-0.39, 0.29) is 11.8 Å². The number of hydrogen-bond acceptors (Lipinski definition) is 4. The highest BCUT2D eigenvalue weighted by Crippen LogP contribution is 2.31. The Morgan fingerprint density at radius 1 is 0.885 bits per heavy atom. The summed E-state index contributed by atoms with van der Waals surface area (Å²) in [7, 11) is 0. The van der Waals surface area contributed by atoms with E-state index in [9.17, 15) is 9.59 Å². The molecule has 0 spiro atoms. The minimum Gasteiger partial charge on any atom is -0.452 e. The Morgan fingerprint density at radius 2 is 1.46 bits per heavy atom. The summed E-state index contributed by atoms with van der Waals surface area (Å²) in [6.45, 7) is 3.17. The monoisotopic (exact) mass is 351 g/mol. The van der Waals surface area contributed by atoms with Crippen molar-refractivity contribution in [2.24, 2.45) is 0 Å². The number of carbonyl (C=O) groups is 2. The van der Waals surface area contributed by atoms with E-state index in [0.29, 0.717) is 5.56 Å². The van der Waals surface area contributed by atoms with Gasteiger partial charge in [0.1, 0.15) is 0 Å². The van der Waals surface area contributed by atoms with E-state index in [1.165, 1.54) is 13.3 Å². The molecule has 1 aliphatic heterocycles. The molecule has 0 radical (unpaired) electrons. The lowest BCUT2D eigenvalue weighted by atomic mass is 9.92. The lowest BCUT2D eigenvalue weighted by Gasteiger charge is -2.38. The fraction of sp³-hybridized carbons (Fsp3) is 0.364. The van der Waals surface area contributed by atoms with Crippen LogP contribution in [0.3, 0.4) is 0 Å². The van der Waals surface area contributed by atoms with Gasteiger partial charge in [-0.1, -0.05) is 67.1 Å². The number of carbonyl (C=O) groups excluding carboxylic acids is 2. The van der Waals surface area contributed by atoms with Crippen molar-refractivity contribution < 1.29 is 14.3 Å². The highest BCUT2D eigenvalue weighted by molar-refractivity contribution is 6.01. The zero-order chi connectivity index (χ0) is 18.4. The zero-order valence-electron chi connectivity index (χ0n) is 15.1. The summed E-state index contributed by atoms with van der Waals surface area (Å²) in [6.07, 6.45) is 2.53. The van der Waals surface area contributed by atoms with Crippen molar-refractivity contribution in [3.63, 3.8) is 0 Å². The van der Waals surface area contributed by atoms with Gasteiger partial charge in [-0.15, -0.1) is 0 Å². The van der Waals surface area contributed by atoms with Crippen molar-refractivity contribution in [3.05, 3.63) is 71.8 Å². The first kappa shape index (κ1) is 18.3. The fourth-order valence-corrected chi connectivity index (χ4v) is 3.63. The van der Waals surface area contributed by atoms with Crippen LogP contribution in [0.5, 0.6) is 0 Å². The number of rotatable bonds is 6. The van der Waals surface area contributed by atoms with Gasteiger partial charge in [-0.2, -0.15) is 0 Å². The molecular formula is C22H25NO3. The van der Waals surface area contributed by atoms with Crippen LogP contribution in [0, 0.1) is 0 Å². The topological polar surface area (TPSA) is 46.6 Å². The van der Waals surface area contributed by atoms with Gasteiger partial charge in [0.2, 0.25) is 5.78 Å². The lowest BCUT2D eigenvalue weighted by Crippen LogP contribution is -2.45. The second-order valence-corrected chi connectivity index (χ2v) is 6.71. The Labute approximate surface area is 154 Å². The first-order valence-electron chi connectivity index (χ1n) is 9.22. The van der Waals surface area contributed by atoms with Gasteiger partial charge in [0.25, 0.3) is 0 Å². The van der Waals surface area contributed by atoms with E-state index in [0.717, 1.165) is 31.5 Å². The molecule has 0 aromatic heterocycles. The zero-order valence-corrected chi connectivity index (χ0v) is 15.1. The second-order valence-electron chi connectivity index (χ2n) is 6.71. The van der Waals surface area contributed by atoms with Crippen molar-refractivity contribution in [1.29, 1.82) is 0 Å². The molecule has 4 nitrogen and oxygen atoms in total. The standard InChI is InChI=1S/C22H25NO3/c1-17(24)26-22(21(25)19-13-7-3-8-14-19)20(18-11-5-2-6-12-18)23-15-9-4-10-16-23/h2-3,5-8,11-14,20,22H,4,9-10,15-16H2,1H3/t20-,22+/m1/s1. The van der Waals surface area contributed by atoms with Crippen LogP contribution in [0.4, 0.5) is 0 Å². The van der Waals surface area contributed by atoms with E-state index < -0.39 is 12.1 Å². The van der Waals surface area contributed by atoms with Gasteiger partial charge >= 0.3 is 5.97 Å². The van der Waals surface area contributed by atoms with E-state index in [2.05, 4.69) is 4.90 Å². The number of hydrogen-bond donors (Lipinski definition) is 0. The number of benzene rings is 2. The summed E-state index contributed by atoms with van der Waals surface area (Å²) in [5.41, 5.74) is 1.57. The molecule has 0 aliphatic carbocycles. The van der Waals surface area contributed by atoms with Crippen molar-refractivity contribution in [2.75, 3.05) is 13.1 Å². The number of ether oxygens (including phenoxy) is 1. The molecule has 26 heavy (non-hydrogen) atoms. The predicted octanol–water partition coefficient (Wildman–Crippen LogP) is 4.03. The third-order valence-electron chi connectivity index (χ3n) is 4.82. The molecule has 3 rings (SSSR count). The van der Waals surface area contributed by atoms with Crippen LogP contribution in [-0.4, -0.2) is 35.8 Å². The number of esters is 1. The summed E-state index contributed by atoms with van der Waals surface area (Å²) >= 11 is 0. The number of ketones is 1. The van der Waals surface area contributed by atoms with Crippen LogP contribution in [0.1, 0.15) is 48.1 Å². The summed E-state index contributed by atoms with van der Waals surface area (Å²) in [6, 6.07) is 18.7. The molecule has 0 bridgehead atoms. The minimum absolute atomic E-state index is 0.153. The molecule has 1 saturated heterocycles.